The third-order valence-electron chi connectivity index (χ3n) is 3.57. The molecule has 6 heteroatoms. The van der Waals surface area contributed by atoms with Crippen molar-refractivity contribution >= 4 is 0 Å². The molecular weight excluding hydrogens is 288 g/mol. The van der Waals surface area contributed by atoms with Gasteiger partial charge in [-0.15, -0.1) is 0 Å². The van der Waals surface area contributed by atoms with Crippen molar-refractivity contribution in [2.45, 2.75) is 50.5 Å². The quantitative estimate of drug-likeness (QED) is 0.379. The minimum Gasteiger partial charge on any atom is -0.394 e. The number of rotatable bonds is 8. The Morgan fingerprint density at radius 1 is 1.23 bits per heavy atom. The molecule has 1 aliphatic heterocycles. The number of allylic oxidation sites excluding steroid dienone is 3. The van der Waals surface area contributed by atoms with E-state index in [2.05, 4.69) is 13.2 Å². The molecule has 1 saturated heterocycles. The first-order valence-corrected chi connectivity index (χ1v) is 7.28. The molecule has 0 aromatic rings. The average Bonchev–Trinajstić information content (AvgIpc) is 2.51. The molecule has 6 nitrogen and oxygen atoms in total. The van der Waals surface area contributed by atoms with E-state index in [9.17, 15) is 15.3 Å². The first-order valence-electron chi connectivity index (χ1n) is 7.28. The fourth-order valence-corrected chi connectivity index (χ4v) is 2.08. The first kappa shape index (κ1) is 19.0. The molecule has 4 N–H and O–H groups in total. The Balaban J connectivity index is 2.46. The van der Waals surface area contributed by atoms with Crippen LogP contribution in [0.3, 0.4) is 0 Å². The second-order valence-corrected chi connectivity index (χ2v) is 5.46. The number of hydrogen-bond acceptors (Lipinski definition) is 6. The Hall–Kier alpha value is -1.02. The van der Waals surface area contributed by atoms with Gasteiger partial charge in [-0.05, 0) is 19.8 Å². The van der Waals surface area contributed by atoms with Gasteiger partial charge in [0.15, 0.2) is 6.29 Å². The van der Waals surface area contributed by atoms with E-state index in [-0.39, 0.29) is 6.61 Å². The van der Waals surface area contributed by atoms with Crippen molar-refractivity contribution in [3.63, 3.8) is 0 Å². The summed E-state index contributed by atoms with van der Waals surface area (Å²) in [5.74, 6) is 0. The van der Waals surface area contributed by atoms with Crippen LogP contribution >= 0.6 is 0 Å². The highest BCUT2D eigenvalue weighted by atomic mass is 16.7. The zero-order chi connectivity index (χ0) is 16.7. The zero-order valence-corrected chi connectivity index (χ0v) is 12.9. The second-order valence-electron chi connectivity index (χ2n) is 5.46. The van der Waals surface area contributed by atoms with E-state index in [1.54, 1.807) is 6.08 Å². The van der Waals surface area contributed by atoms with Gasteiger partial charge < -0.3 is 29.9 Å². The predicted octanol–water partition coefficient (Wildman–Crippen LogP) is 0.272. The van der Waals surface area contributed by atoms with Crippen LogP contribution in [-0.2, 0) is 9.47 Å². The van der Waals surface area contributed by atoms with Crippen molar-refractivity contribution in [2.24, 2.45) is 0 Å². The van der Waals surface area contributed by atoms with Crippen LogP contribution in [0.2, 0.25) is 0 Å². The minimum atomic E-state index is -1.42. The molecule has 0 saturated carbocycles. The van der Waals surface area contributed by atoms with Crippen molar-refractivity contribution in [3.8, 4) is 0 Å². The van der Waals surface area contributed by atoms with Crippen LogP contribution in [0.1, 0.15) is 19.8 Å². The maximum absolute atomic E-state index is 9.83. The van der Waals surface area contributed by atoms with Gasteiger partial charge in [0.2, 0.25) is 0 Å². The Labute approximate surface area is 131 Å². The van der Waals surface area contributed by atoms with Gasteiger partial charge in [0.25, 0.3) is 0 Å². The maximum atomic E-state index is 9.83. The smallest absolute Gasteiger partial charge is 0.187 e. The van der Waals surface area contributed by atoms with Crippen LogP contribution in [0.25, 0.3) is 0 Å². The average molecular weight is 314 g/mol. The van der Waals surface area contributed by atoms with E-state index >= 15 is 0 Å². The fourth-order valence-electron chi connectivity index (χ4n) is 2.08. The number of aliphatic hydroxyl groups excluding tert-OH is 4. The van der Waals surface area contributed by atoms with Gasteiger partial charge in [-0.3, -0.25) is 0 Å². The van der Waals surface area contributed by atoms with E-state index < -0.39 is 37.3 Å². The summed E-state index contributed by atoms with van der Waals surface area (Å²) in [4.78, 5) is 0. The number of ether oxygens (including phenoxy) is 2. The number of aliphatic hydroxyl groups is 4. The van der Waals surface area contributed by atoms with Gasteiger partial charge in [0.05, 0.1) is 13.2 Å². The number of hydrogen-bond donors (Lipinski definition) is 4. The minimum absolute atomic E-state index is 0.212. The van der Waals surface area contributed by atoms with Crippen LogP contribution in [0.15, 0.2) is 36.5 Å². The molecule has 0 aromatic carbocycles. The topological polar surface area (TPSA) is 99.4 Å². The van der Waals surface area contributed by atoms with Crippen LogP contribution in [-0.4, -0.2) is 64.3 Å². The largest absolute Gasteiger partial charge is 0.394 e. The van der Waals surface area contributed by atoms with Crippen molar-refractivity contribution in [3.05, 3.63) is 36.5 Å². The summed E-state index contributed by atoms with van der Waals surface area (Å²) in [5.41, 5.74) is 1.90. The molecule has 5 atom stereocenters. The zero-order valence-electron chi connectivity index (χ0n) is 12.9. The summed E-state index contributed by atoms with van der Waals surface area (Å²) < 4.78 is 10.7. The normalized spacial score (nSPS) is 32.8. The Kier molecular flexibility index (Phi) is 7.95. The van der Waals surface area contributed by atoms with Gasteiger partial charge in [-0.2, -0.15) is 0 Å². The highest BCUT2D eigenvalue weighted by Crippen LogP contribution is 2.22. The summed E-state index contributed by atoms with van der Waals surface area (Å²) >= 11 is 0. The molecule has 1 fully saturated rings. The van der Waals surface area contributed by atoms with Gasteiger partial charge >= 0.3 is 0 Å². The van der Waals surface area contributed by atoms with E-state index in [1.165, 1.54) is 0 Å². The molecule has 0 aliphatic carbocycles. The van der Waals surface area contributed by atoms with Crippen molar-refractivity contribution in [1.29, 1.82) is 0 Å². The Bertz CT molecular complexity index is 403. The molecule has 1 rings (SSSR count). The first-order chi connectivity index (χ1) is 10.4. The monoisotopic (exact) mass is 314 g/mol. The van der Waals surface area contributed by atoms with Gasteiger partial charge in [0, 0.05) is 0 Å². The molecule has 126 valence electrons. The summed E-state index contributed by atoms with van der Waals surface area (Å²) in [5, 5.41) is 38.2. The van der Waals surface area contributed by atoms with Crippen molar-refractivity contribution in [2.75, 3.05) is 13.2 Å². The SMILES string of the molecule is C=CC(=C)CC/C=C(\C)CO[C@H]1O[C@H](CO)[C@@H](O)[C@H](O)[C@H]1O. The highest BCUT2D eigenvalue weighted by molar-refractivity contribution is 5.12. The lowest BCUT2D eigenvalue weighted by molar-refractivity contribution is -0.299. The van der Waals surface area contributed by atoms with Crippen molar-refractivity contribution in [1.82, 2.24) is 0 Å². The second kappa shape index (κ2) is 9.19. The molecule has 0 radical (unpaired) electrons. The van der Waals surface area contributed by atoms with E-state index in [4.69, 9.17) is 14.6 Å². The van der Waals surface area contributed by atoms with E-state index in [0.29, 0.717) is 0 Å². The lowest BCUT2D eigenvalue weighted by Gasteiger charge is -2.39. The molecule has 0 unspecified atom stereocenters. The molecule has 0 bridgehead atoms. The summed E-state index contributed by atoms with van der Waals surface area (Å²) in [6.45, 7) is 9.08. The lowest BCUT2D eigenvalue weighted by Crippen LogP contribution is -2.59. The van der Waals surface area contributed by atoms with Gasteiger partial charge in [-0.1, -0.05) is 36.5 Å². The third kappa shape index (κ3) is 5.31. The van der Waals surface area contributed by atoms with Gasteiger partial charge in [0.1, 0.15) is 24.4 Å². The molecule has 22 heavy (non-hydrogen) atoms. The molecule has 1 heterocycles. The standard InChI is InChI=1S/C16H26O6/c1-4-10(2)6-5-7-11(3)9-21-16-15(20)14(19)13(18)12(8-17)22-16/h4,7,12-20H,1-2,5-6,8-9H2,3H3/b11-7+/t12-,13-,14+,15-,16+/m1/s1. The van der Waals surface area contributed by atoms with Crippen LogP contribution in [0.4, 0.5) is 0 Å². The fraction of sp³-hybridized carbons (Fsp3) is 0.625. The highest BCUT2D eigenvalue weighted by Gasteiger charge is 2.43. The molecule has 1 aliphatic rings. The van der Waals surface area contributed by atoms with Gasteiger partial charge in [-0.25, -0.2) is 0 Å². The Morgan fingerprint density at radius 2 is 1.91 bits per heavy atom. The Morgan fingerprint density at radius 3 is 2.50 bits per heavy atom. The van der Waals surface area contributed by atoms with Crippen LogP contribution in [0.5, 0.6) is 0 Å². The molecule has 0 amide bonds. The van der Waals surface area contributed by atoms with Crippen molar-refractivity contribution < 1.29 is 29.9 Å². The summed E-state index contributed by atoms with van der Waals surface area (Å²) in [6.07, 6.45) is -0.906. The maximum Gasteiger partial charge on any atom is 0.187 e. The lowest BCUT2D eigenvalue weighted by atomic mass is 9.99. The van der Waals surface area contributed by atoms with E-state index in [1.807, 2.05) is 13.0 Å². The predicted molar refractivity (Wildman–Crippen MR) is 82.0 cm³/mol. The molecule has 0 aromatic heterocycles. The van der Waals surface area contributed by atoms with Crippen LogP contribution in [0, 0.1) is 0 Å². The van der Waals surface area contributed by atoms with E-state index in [0.717, 1.165) is 24.0 Å². The molecule has 0 spiro atoms. The third-order valence-corrected chi connectivity index (χ3v) is 3.57. The summed E-state index contributed by atoms with van der Waals surface area (Å²) in [7, 11) is 0. The summed E-state index contributed by atoms with van der Waals surface area (Å²) in [6, 6.07) is 0. The van der Waals surface area contributed by atoms with Crippen LogP contribution < -0.4 is 0 Å². The molecular formula is C16H26O6.